The lowest BCUT2D eigenvalue weighted by Gasteiger charge is -2.44. The normalized spacial score (nSPS) is 15.8. The molecule has 1 rings (SSSR count). The fraction of sp³-hybridized carbons (Fsp3) is 0.645. The first kappa shape index (κ1) is 42.1. The molecule has 0 saturated heterocycles. The first-order chi connectivity index (χ1) is 21.3. The molecule has 16 heteroatoms. The summed E-state index contributed by atoms with van der Waals surface area (Å²) in [6.07, 6.45) is -10.4. The standard InChI is InChI=1S/C31H41F9O6Si/c1-18(2)47(19(3)4,17-15-28(32,33)29(34,35)30(36,37)31(38,39)40)46-26(20(5)14-16-44-23(8)41)21(6)25(42)22(7)45-27(43)24-12-10-9-11-13-24/h9-14,18-19,21-22,26H,15-17H2,1-8H3/b20-14+/t21-,22-,26+/m1/s1. The van der Waals surface area contributed by atoms with Crippen LogP contribution < -0.4 is 0 Å². The van der Waals surface area contributed by atoms with Crippen LogP contribution in [0.1, 0.15) is 72.2 Å². The van der Waals surface area contributed by atoms with Crippen LogP contribution in [0.5, 0.6) is 0 Å². The number of carbonyl (C=O) groups excluding carboxylic acids is 3. The monoisotopic (exact) mass is 708 g/mol. The molecule has 268 valence electrons. The Morgan fingerprint density at radius 3 is 1.77 bits per heavy atom. The van der Waals surface area contributed by atoms with Crippen molar-refractivity contribution in [2.75, 3.05) is 6.61 Å². The van der Waals surface area contributed by atoms with Gasteiger partial charge in [0.25, 0.3) is 0 Å². The molecule has 0 unspecified atom stereocenters. The van der Waals surface area contributed by atoms with Crippen LogP contribution in [-0.4, -0.2) is 68.8 Å². The van der Waals surface area contributed by atoms with E-state index in [1.807, 2.05) is 0 Å². The highest BCUT2D eigenvalue weighted by atomic mass is 28.4. The number of ketones is 1. The van der Waals surface area contributed by atoms with Gasteiger partial charge in [-0.3, -0.25) is 9.59 Å². The van der Waals surface area contributed by atoms with Gasteiger partial charge in [0.1, 0.15) is 6.61 Å². The van der Waals surface area contributed by atoms with E-state index < -0.39 is 91.7 Å². The Hall–Kier alpha value is -2.88. The Morgan fingerprint density at radius 2 is 1.32 bits per heavy atom. The number of alkyl halides is 9. The average molecular weight is 709 g/mol. The van der Waals surface area contributed by atoms with Crippen LogP contribution in [0.2, 0.25) is 17.1 Å². The van der Waals surface area contributed by atoms with Crippen molar-refractivity contribution in [3.8, 4) is 0 Å². The summed E-state index contributed by atoms with van der Waals surface area (Å²) in [5.74, 6) is -23.0. The Morgan fingerprint density at radius 1 is 0.809 bits per heavy atom. The molecule has 1 aromatic carbocycles. The Bertz CT molecular complexity index is 1240. The zero-order valence-corrected chi connectivity index (χ0v) is 28.3. The van der Waals surface area contributed by atoms with Crippen LogP contribution in [0.25, 0.3) is 0 Å². The van der Waals surface area contributed by atoms with Crippen molar-refractivity contribution in [1.82, 2.24) is 0 Å². The van der Waals surface area contributed by atoms with Gasteiger partial charge in [-0.1, -0.05) is 52.8 Å². The van der Waals surface area contributed by atoms with Crippen LogP contribution in [0.4, 0.5) is 39.5 Å². The summed E-state index contributed by atoms with van der Waals surface area (Å²) >= 11 is 0. The highest BCUT2D eigenvalue weighted by molar-refractivity contribution is 6.76. The fourth-order valence-electron chi connectivity index (χ4n) is 5.10. The minimum absolute atomic E-state index is 0.143. The van der Waals surface area contributed by atoms with Crippen LogP contribution in [0.15, 0.2) is 42.0 Å². The molecule has 0 aromatic heterocycles. The largest absolute Gasteiger partial charge is 0.462 e. The summed E-state index contributed by atoms with van der Waals surface area (Å²) in [5.41, 5.74) is -1.05. The van der Waals surface area contributed by atoms with Gasteiger partial charge in [0.2, 0.25) is 0 Å². The number of halogens is 9. The third-order valence-electron chi connectivity index (χ3n) is 8.08. The van der Waals surface area contributed by atoms with Gasteiger partial charge in [0.15, 0.2) is 20.2 Å². The Labute approximate surface area is 269 Å². The minimum Gasteiger partial charge on any atom is -0.462 e. The van der Waals surface area contributed by atoms with E-state index in [4.69, 9.17) is 13.9 Å². The topological polar surface area (TPSA) is 78.9 Å². The third-order valence-corrected chi connectivity index (χ3v) is 13.7. The minimum atomic E-state index is -7.03. The van der Waals surface area contributed by atoms with Crippen molar-refractivity contribution >= 4 is 26.0 Å². The molecule has 1 aromatic rings. The van der Waals surface area contributed by atoms with E-state index in [9.17, 15) is 53.9 Å². The molecule has 0 aliphatic rings. The summed E-state index contributed by atoms with van der Waals surface area (Å²) in [7, 11) is -3.91. The van der Waals surface area contributed by atoms with E-state index in [0.29, 0.717) is 0 Å². The number of carbonyl (C=O) groups is 3. The zero-order chi connectivity index (χ0) is 36.8. The molecule has 0 amide bonds. The van der Waals surface area contributed by atoms with Crippen molar-refractivity contribution in [2.24, 2.45) is 5.92 Å². The summed E-state index contributed by atoms with van der Waals surface area (Å²) in [5, 5.41) is 0. The van der Waals surface area contributed by atoms with E-state index >= 15 is 0 Å². The molecule has 0 radical (unpaired) electrons. The summed E-state index contributed by atoms with van der Waals surface area (Å²) < 4.78 is 140. The van der Waals surface area contributed by atoms with Crippen molar-refractivity contribution in [2.45, 2.75) is 115 Å². The second-order valence-electron chi connectivity index (χ2n) is 12.0. The molecule has 6 nitrogen and oxygen atoms in total. The third kappa shape index (κ3) is 9.83. The maximum Gasteiger partial charge on any atom is 0.460 e. The quantitative estimate of drug-likeness (QED) is 0.0696. The second kappa shape index (κ2) is 16.0. The lowest BCUT2D eigenvalue weighted by atomic mass is 9.92. The Balaban J connectivity index is 3.57. The van der Waals surface area contributed by atoms with Crippen LogP contribution in [0.3, 0.4) is 0 Å². The summed E-state index contributed by atoms with van der Waals surface area (Å²) in [6.45, 7) is 10.9. The summed E-state index contributed by atoms with van der Waals surface area (Å²) in [4.78, 5) is 37.4. The predicted octanol–water partition coefficient (Wildman–Crippen LogP) is 8.96. The van der Waals surface area contributed by atoms with Gasteiger partial charge in [-0.2, -0.15) is 39.5 Å². The Kier molecular flexibility index (Phi) is 14.4. The summed E-state index contributed by atoms with van der Waals surface area (Å²) in [6, 6.07) is 6.69. The fourth-order valence-corrected chi connectivity index (χ4v) is 9.82. The molecule has 3 atom stereocenters. The molecular weight excluding hydrogens is 667 g/mol. The van der Waals surface area contributed by atoms with Crippen molar-refractivity contribution in [1.29, 1.82) is 0 Å². The van der Waals surface area contributed by atoms with Crippen LogP contribution in [0, 0.1) is 5.92 Å². The highest BCUT2D eigenvalue weighted by Crippen LogP contribution is 2.55. The van der Waals surface area contributed by atoms with Gasteiger partial charge in [0, 0.05) is 19.3 Å². The molecule has 0 N–H and O–H groups in total. The van der Waals surface area contributed by atoms with Crippen molar-refractivity contribution in [3.63, 3.8) is 0 Å². The lowest BCUT2D eigenvalue weighted by molar-refractivity contribution is -0.396. The first-order valence-electron chi connectivity index (χ1n) is 14.7. The molecule has 0 aliphatic carbocycles. The number of benzene rings is 1. The maximum atomic E-state index is 14.8. The highest BCUT2D eigenvalue weighted by Gasteiger charge is 2.81. The number of ether oxygens (including phenoxy) is 2. The second-order valence-corrected chi connectivity index (χ2v) is 17.0. The zero-order valence-electron chi connectivity index (χ0n) is 27.3. The molecule has 0 bridgehead atoms. The maximum absolute atomic E-state index is 14.8. The van der Waals surface area contributed by atoms with Gasteiger partial charge in [-0.05, 0) is 54.8 Å². The van der Waals surface area contributed by atoms with E-state index in [1.165, 1.54) is 66.7 Å². The van der Waals surface area contributed by atoms with Gasteiger partial charge in [-0.25, -0.2) is 4.79 Å². The van der Waals surface area contributed by atoms with E-state index in [1.54, 1.807) is 18.2 Å². The number of esters is 2. The number of hydrogen-bond acceptors (Lipinski definition) is 6. The van der Waals surface area contributed by atoms with Crippen molar-refractivity contribution in [3.05, 3.63) is 47.5 Å². The molecular formula is C31H41F9O6Si. The number of hydrogen-bond donors (Lipinski definition) is 0. The predicted molar refractivity (Wildman–Crippen MR) is 157 cm³/mol. The smallest absolute Gasteiger partial charge is 0.460 e. The van der Waals surface area contributed by atoms with Gasteiger partial charge < -0.3 is 13.9 Å². The molecule has 0 saturated carbocycles. The van der Waals surface area contributed by atoms with E-state index in [0.717, 1.165) is 6.92 Å². The molecule has 47 heavy (non-hydrogen) atoms. The number of Topliss-reactive ketones (excluding diaryl/α,β-unsaturated/α-hetero) is 1. The molecule has 0 spiro atoms. The van der Waals surface area contributed by atoms with Crippen LogP contribution >= 0.6 is 0 Å². The lowest BCUT2D eigenvalue weighted by Crippen LogP contribution is -2.61. The molecule has 0 heterocycles. The van der Waals surface area contributed by atoms with Gasteiger partial charge >= 0.3 is 35.9 Å². The SMILES string of the molecule is CC(=O)OC/C=C(\C)[C@H](O[Si](CCC(F)(F)C(F)(F)C(F)(F)C(F)(F)F)(C(C)C)C(C)C)[C@H](C)C(=O)[C@@H](C)OC(=O)c1ccccc1. The molecule has 0 aliphatic heterocycles. The molecule has 0 fully saturated rings. The number of rotatable bonds is 17. The van der Waals surface area contributed by atoms with E-state index in [-0.39, 0.29) is 17.7 Å². The van der Waals surface area contributed by atoms with Gasteiger partial charge in [-0.15, -0.1) is 0 Å². The van der Waals surface area contributed by atoms with Crippen LogP contribution in [-0.2, 0) is 23.5 Å². The first-order valence-corrected chi connectivity index (χ1v) is 17.0. The van der Waals surface area contributed by atoms with E-state index in [2.05, 4.69) is 0 Å². The van der Waals surface area contributed by atoms with Crippen molar-refractivity contribution < 1.29 is 67.8 Å². The van der Waals surface area contributed by atoms with Gasteiger partial charge in [0.05, 0.1) is 11.7 Å². The average Bonchev–Trinajstić information content (AvgIpc) is 2.95.